The maximum absolute atomic E-state index is 15.0. The standard InChI is InChI=1S/C28H19F2N5O3S/c29-16-1-3-17(4-2-16)33-26(36)28(9-10-28)27(37)34-18-5-6-25(20(30)13-18)38-24-7-11-31-22-14-23(32-15-19(22)24)21-8-12-39-35-21/h1-8,11-15H,9-10H2,(H,33,36)(H,34,37). The third kappa shape index (κ3) is 4.91. The van der Waals surface area contributed by atoms with Crippen molar-refractivity contribution in [2.45, 2.75) is 12.8 Å². The zero-order chi connectivity index (χ0) is 27.0. The number of benzene rings is 2. The molecule has 3 aromatic heterocycles. The van der Waals surface area contributed by atoms with Gasteiger partial charge >= 0.3 is 0 Å². The predicted octanol–water partition coefficient (Wildman–Crippen LogP) is 6.18. The van der Waals surface area contributed by atoms with E-state index >= 15 is 4.39 Å². The number of anilines is 2. The summed E-state index contributed by atoms with van der Waals surface area (Å²) in [6, 6.07) is 14.5. The van der Waals surface area contributed by atoms with Crippen LogP contribution in [0.3, 0.4) is 0 Å². The van der Waals surface area contributed by atoms with Crippen LogP contribution in [0.5, 0.6) is 11.5 Å². The Bertz CT molecular complexity index is 1710. The van der Waals surface area contributed by atoms with Gasteiger partial charge in [-0.15, -0.1) is 0 Å². The topological polar surface area (TPSA) is 106 Å². The minimum atomic E-state index is -1.26. The number of carbonyl (C=O) groups excluding carboxylic acids is 2. The molecule has 0 bridgehead atoms. The molecule has 2 amide bonds. The van der Waals surface area contributed by atoms with Crippen LogP contribution < -0.4 is 15.4 Å². The lowest BCUT2D eigenvalue weighted by molar-refractivity contribution is -0.131. The lowest BCUT2D eigenvalue weighted by Gasteiger charge is -2.16. The van der Waals surface area contributed by atoms with Crippen LogP contribution in [0.2, 0.25) is 0 Å². The van der Waals surface area contributed by atoms with Crippen LogP contribution in [0.4, 0.5) is 20.2 Å². The number of halogens is 2. The summed E-state index contributed by atoms with van der Waals surface area (Å²) >= 11 is 1.32. The highest BCUT2D eigenvalue weighted by Crippen LogP contribution is 2.47. The van der Waals surface area contributed by atoms with E-state index < -0.39 is 28.9 Å². The molecule has 5 aromatic rings. The lowest BCUT2D eigenvalue weighted by Crippen LogP contribution is -2.35. The van der Waals surface area contributed by atoms with Crippen LogP contribution in [-0.2, 0) is 9.59 Å². The first kappa shape index (κ1) is 24.6. The second-order valence-corrected chi connectivity index (χ2v) is 9.69. The highest BCUT2D eigenvalue weighted by molar-refractivity contribution is 7.03. The summed E-state index contributed by atoms with van der Waals surface area (Å²) in [7, 11) is 0. The molecule has 1 fully saturated rings. The SMILES string of the molecule is O=C(Nc1ccc(F)cc1)C1(C(=O)Nc2ccc(Oc3ccnc4cc(-c5ccsn5)ncc34)c(F)c2)CC1. The second-order valence-electron chi connectivity index (χ2n) is 9.02. The molecule has 1 aliphatic carbocycles. The first-order valence-corrected chi connectivity index (χ1v) is 12.8. The average Bonchev–Trinajstić information content (AvgIpc) is 3.58. The minimum absolute atomic E-state index is 0.0562. The van der Waals surface area contributed by atoms with Crippen LogP contribution in [0.15, 0.2) is 78.4 Å². The number of hydrogen-bond donors (Lipinski definition) is 2. The van der Waals surface area contributed by atoms with Gasteiger partial charge in [0.05, 0.1) is 16.6 Å². The van der Waals surface area contributed by atoms with Crippen molar-refractivity contribution in [3.63, 3.8) is 0 Å². The van der Waals surface area contributed by atoms with E-state index in [1.54, 1.807) is 24.5 Å². The number of nitrogens with zero attached hydrogens (tertiary/aromatic N) is 3. The number of ether oxygens (including phenoxy) is 1. The summed E-state index contributed by atoms with van der Waals surface area (Å²) in [6.07, 6.45) is 3.86. The van der Waals surface area contributed by atoms with Crippen molar-refractivity contribution in [1.82, 2.24) is 14.3 Å². The van der Waals surface area contributed by atoms with Crippen molar-refractivity contribution in [3.8, 4) is 22.9 Å². The molecule has 0 radical (unpaired) electrons. The van der Waals surface area contributed by atoms with E-state index in [1.165, 1.54) is 47.9 Å². The van der Waals surface area contributed by atoms with Gasteiger partial charge in [0.25, 0.3) is 0 Å². The third-order valence-electron chi connectivity index (χ3n) is 6.42. The van der Waals surface area contributed by atoms with Crippen LogP contribution in [0, 0.1) is 17.0 Å². The Morgan fingerprint density at radius 2 is 1.59 bits per heavy atom. The van der Waals surface area contributed by atoms with Crippen LogP contribution >= 0.6 is 11.5 Å². The summed E-state index contributed by atoms with van der Waals surface area (Å²) < 4.78 is 38.2. The Labute approximate surface area is 224 Å². The number of hydrogen-bond acceptors (Lipinski definition) is 7. The van der Waals surface area contributed by atoms with Crippen LogP contribution in [0.1, 0.15) is 12.8 Å². The zero-order valence-electron chi connectivity index (χ0n) is 20.2. The van der Waals surface area contributed by atoms with Gasteiger partial charge in [-0.3, -0.25) is 19.6 Å². The molecule has 0 aliphatic heterocycles. The molecule has 2 N–H and O–H groups in total. The van der Waals surface area contributed by atoms with Gasteiger partial charge in [-0.25, -0.2) is 8.78 Å². The normalized spacial score (nSPS) is 13.6. The van der Waals surface area contributed by atoms with E-state index in [4.69, 9.17) is 4.74 Å². The number of fused-ring (bicyclic) bond motifs is 1. The molecule has 194 valence electrons. The fourth-order valence-electron chi connectivity index (χ4n) is 4.09. The Morgan fingerprint density at radius 3 is 2.28 bits per heavy atom. The maximum Gasteiger partial charge on any atom is 0.240 e. The van der Waals surface area contributed by atoms with Gasteiger partial charge in [0.15, 0.2) is 11.6 Å². The number of aromatic nitrogens is 3. The van der Waals surface area contributed by atoms with Gasteiger partial charge in [-0.1, -0.05) is 0 Å². The molecule has 11 heteroatoms. The molecule has 0 saturated heterocycles. The number of amides is 2. The van der Waals surface area contributed by atoms with Gasteiger partial charge < -0.3 is 15.4 Å². The van der Waals surface area contributed by atoms with Gasteiger partial charge in [-0.05, 0) is 79.0 Å². The summed E-state index contributed by atoms with van der Waals surface area (Å²) in [4.78, 5) is 34.5. The first-order chi connectivity index (χ1) is 18.9. The van der Waals surface area contributed by atoms with Crippen molar-refractivity contribution >= 4 is 45.6 Å². The van der Waals surface area contributed by atoms with E-state index in [0.717, 1.165) is 11.8 Å². The number of nitrogens with one attached hydrogen (secondary N) is 2. The quantitative estimate of drug-likeness (QED) is 0.238. The fraction of sp³-hybridized carbons (Fsp3) is 0.107. The molecule has 2 aromatic carbocycles. The van der Waals surface area contributed by atoms with Gasteiger partial charge in [-0.2, -0.15) is 4.37 Å². The number of pyridine rings is 2. The van der Waals surface area contributed by atoms with Gasteiger partial charge in [0.1, 0.15) is 22.7 Å². The Hall–Kier alpha value is -4.77. The zero-order valence-corrected chi connectivity index (χ0v) is 21.0. The van der Waals surface area contributed by atoms with Crippen LogP contribution in [0.25, 0.3) is 22.3 Å². The van der Waals surface area contributed by atoms with Crippen molar-refractivity contribution in [3.05, 3.63) is 90.1 Å². The van der Waals surface area contributed by atoms with E-state index in [-0.39, 0.29) is 11.4 Å². The van der Waals surface area contributed by atoms with Crippen molar-refractivity contribution in [2.24, 2.45) is 5.41 Å². The van der Waals surface area contributed by atoms with Crippen molar-refractivity contribution < 1.29 is 23.1 Å². The predicted molar refractivity (Wildman–Crippen MR) is 142 cm³/mol. The van der Waals surface area contributed by atoms with E-state index in [2.05, 4.69) is 25.0 Å². The number of rotatable bonds is 7. The molecule has 1 aliphatic rings. The molecule has 1 saturated carbocycles. The largest absolute Gasteiger partial charge is 0.453 e. The maximum atomic E-state index is 15.0. The van der Waals surface area contributed by atoms with Crippen molar-refractivity contribution in [2.75, 3.05) is 10.6 Å². The smallest absolute Gasteiger partial charge is 0.240 e. The summed E-state index contributed by atoms with van der Waals surface area (Å²) in [6.45, 7) is 0. The number of carbonyl (C=O) groups is 2. The molecular weight excluding hydrogens is 524 g/mol. The fourth-order valence-corrected chi connectivity index (χ4v) is 4.61. The van der Waals surface area contributed by atoms with Gasteiger partial charge in [0, 0.05) is 35.2 Å². The van der Waals surface area contributed by atoms with Crippen molar-refractivity contribution in [1.29, 1.82) is 0 Å². The highest BCUT2D eigenvalue weighted by Gasteiger charge is 2.56. The molecule has 0 atom stereocenters. The highest BCUT2D eigenvalue weighted by atomic mass is 32.1. The third-order valence-corrected chi connectivity index (χ3v) is 6.98. The van der Waals surface area contributed by atoms with E-state index in [9.17, 15) is 14.0 Å². The average molecular weight is 544 g/mol. The summed E-state index contributed by atoms with van der Waals surface area (Å²) in [5, 5.41) is 7.71. The Kier molecular flexibility index (Phi) is 6.20. The minimum Gasteiger partial charge on any atom is -0.453 e. The molecular formula is C28H19F2N5O3S. The Morgan fingerprint density at radius 1 is 0.846 bits per heavy atom. The molecule has 0 spiro atoms. The monoisotopic (exact) mass is 543 g/mol. The summed E-state index contributed by atoms with van der Waals surface area (Å²) in [5.74, 6) is -1.87. The Balaban J connectivity index is 1.16. The molecule has 6 rings (SSSR count). The first-order valence-electron chi connectivity index (χ1n) is 11.9. The lowest BCUT2D eigenvalue weighted by atomic mass is 10.0. The van der Waals surface area contributed by atoms with E-state index in [1.807, 2.05) is 11.4 Å². The molecule has 0 unspecified atom stereocenters. The van der Waals surface area contributed by atoms with Gasteiger partial charge in [0.2, 0.25) is 11.8 Å². The molecule has 39 heavy (non-hydrogen) atoms. The second kappa shape index (κ2) is 9.84. The molecule has 8 nitrogen and oxygen atoms in total. The molecule has 3 heterocycles. The summed E-state index contributed by atoms with van der Waals surface area (Å²) in [5.41, 5.74) is 1.31. The van der Waals surface area contributed by atoms with E-state index in [0.29, 0.717) is 40.9 Å². The van der Waals surface area contributed by atoms with Crippen LogP contribution in [-0.4, -0.2) is 26.2 Å².